The number of nitrogens with zero attached hydrogens (tertiary/aromatic N) is 3. The standard InChI is InChI=1S/C24H29N3O/c1-16-6-5-7-19(10-16)24-20(12-18-9-8-17(2)11-21(18)25-24)13-27-14-22(26(3)4)23(28)15-27/h5-12,22-23,28H,13-15H2,1-4H3/t22-,23-/m1/s1. The zero-order chi connectivity index (χ0) is 19.8. The second-order valence-electron chi connectivity index (χ2n) is 8.35. The van der Waals surface area contributed by atoms with Crippen molar-refractivity contribution in [2.75, 3.05) is 27.2 Å². The molecule has 0 unspecified atom stereocenters. The molecule has 1 saturated heterocycles. The van der Waals surface area contributed by atoms with Gasteiger partial charge >= 0.3 is 0 Å². The van der Waals surface area contributed by atoms with E-state index in [0.29, 0.717) is 6.54 Å². The van der Waals surface area contributed by atoms with Crippen molar-refractivity contribution in [3.05, 3.63) is 65.2 Å². The van der Waals surface area contributed by atoms with Crippen LogP contribution in [0, 0.1) is 13.8 Å². The summed E-state index contributed by atoms with van der Waals surface area (Å²) in [6.07, 6.45) is -0.312. The zero-order valence-electron chi connectivity index (χ0n) is 17.2. The maximum Gasteiger partial charge on any atom is 0.0834 e. The molecule has 3 aromatic rings. The summed E-state index contributed by atoms with van der Waals surface area (Å²) in [5.74, 6) is 0. The van der Waals surface area contributed by atoms with Crippen molar-refractivity contribution in [2.24, 2.45) is 0 Å². The smallest absolute Gasteiger partial charge is 0.0834 e. The fourth-order valence-electron chi connectivity index (χ4n) is 4.21. The van der Waals surface area contributed by atoms with Crippen LogP contribution in [0.3, 0.4) is 0 Å². The lowest BCUT2D eigenvalue weighted by Crippen LogP contribution is -2.37. The van der Waals surface area contributed by atoms with Gasteiger partial charge < -0.3 is 10.0 Å². The van der Waals surface area contributed by atoms with E-state index in [1.165, 1.54) is 22.1 Å². The lowest BCUT2D eigenvalue weighted by molar-refractivity contribution is 0.112. The van der Waals surface area contributed by atoms with Crippen LogP contribution in [0.2, 0.25) is 0 Å². The van der Waals surface area contributed by atoms with E-state index in [2.05, 4.69) is 72.2 Å². The Balaban J connectivity index is 1.75. The van der Waals surface area contributed by atoms with Gasteiger partial charge in [0.1, 0.15) is 0 Å². The lowest BCUT2D eigenvalue weighted by atomic mass is 10.0. The molecule has 0 aliphatic carbocycles. The first-order valence-corrected chi connectivity index (χ1v) is 9.95. The van der Waals surface area contributed by atoms with Gasteiger partial charge in [-0.1, -0.05) is 35.9 Å². The van der Waals surface area contributed by atoms with Crippen LogP contribution in [0.5, 0.6) is 0 Å². The van der Waals surface area contributed by atoms with Gasteiger partial charge in [-0.15, -0.1) is 0 Å². The molecule has 1 aromatic heterocycles. The minimum absolute atomic E-state index is 0.179. The number of hydrogen-bond acceptors (Lipinski definition) is 4. The molecule has 1 fully saturated rings. The number of likely N-dealkylation sites (tertiary alicyclic amines) is 1. The monoisotopic (exact) mass is 375 g/mol. The molecule has 2 heterocycles. The normalized spacial score (nSPS) is 20.4. The molecule has 1 N–H and O–H groups in total. The van der Waals surface area contributed by atoms with Crippen molar-refractivity contribution in [1.29, 1.82) is 0 Å². The summed E-state index contributed by atoms with van der Waals surface area (Å²) in [6.45, 7) is 6.58. The van der Waals surface area contributed by atoms with Crippen LogP contribution >= 0.6 is 0 Å². The number of β-amino-alcohol motifs (C(OH)–C–C–N with tert-alkyl or cyclic N) is 1. The quantitative estimate of drug-likeness (QED) is 0.756. The summed E-state index contributed by atoms with van der Waals surface area (Å²) in [7, 11) is 4.07. The summed E-state index contributed by atoms with van der Waals surface area (Å²) in [5, 5.41) is 11.6. The second kappa shape index (κ2) is 7.63. The van der Waals surface area contributed by atoms with E-state index in [4.69, 9.17) is 4.98 Å². The average molecular weight is 376 g/mol. The van der Waals surface area contributed by atoms with E-state index >= 15 is 0 Å². The van der Waals surface area contributed by atoms with Crippen molar-refractivity contribution in [2.45, 2.75) is 32.5 Å². The molecule has 0 spiro atoms. The Labute approximate surface area is 167 Å². The Morgan fingerprint density at radius 2 is 1.82 bits per heavy atom. The highest BCUT2D eigenvalue weighted by atomic mass is 16.3. The number of rotatable bonds is 4. The predicted octanol–water partition coefficient (Wildman–Crippen LogP) is 3.63. The number of fused-ring (bicyclic) bond motifs is 1. The second-order valence-corrected chi connectivity index (χ2v) is 8.35. The SMILES string of the molecule is Cc1cccc(-c2nc3cc(C)ccc3cc2CN2C[C@@H](O)[C@H](N(C)C)C2)c1. The predicted molar refractivity (Wildman–Crippen MR) is 115 cm³/mol. The maximum atomic E-state index is 10.4. The molecular formula is C24H29N3O. The molecular weight excluding hydrogens is 346 g/mol. The highest BCUT2D eigenvalue weighted by molar-refractivity contribution is 5.84. The third-order valence-corrected chi connectivity index (χ3v) is 5.74. The lowest BCUT2D eigenvalue weighted by Gasteiger charge is -2.22. The van der Waals surface area contributed by atoms with E-state index in [9.17, 15) is 5.11 Å². The van der Waals surface area contributed by atoms with Crippen molar-refractivity contribution in [3.63, 3.8) is 0 Å². The van der Waals surface area contributed by atoms with Crippen LogP contribution in [-0.2, 0) is 6.54 Å². The van der Waals surface area contributed by atoms with Crippen molar-refractivity contribution in [1.82, 2.24) is 14.8 Å². The summed E-state index contributed by atoms with van der Waals surface area (Å²) < 4.78 is 0. The van der Waals surface area contributed by atoms with Gasteiger partial charge in [0.25, 0.3) is 0 Å². The largest absolute Gasteiger partial charge is 0.390 e. The minimum atomic E-state index is -0.312. The van der Waals surface area contributed by atoms with Gasteiger partial charge in [0.05, 0.1) is 17.3 Å². The van der Waals surface area contributed by atoms with Gasteiger partial charge in [-0.2, -0.15) is 0 Å². The number of aliphatic hydroxyl groups is 1. The molecule has 0 saturated carbocycles. The van der Waals surface area contributed by atoms with Crippen molar-refractivity contribution < 1.29 is 5.11 Å². The Morgan fingerprint density at radius 3 is 2.54 bits per heavy atom. The summed E-state index contributed by atoms with van der Waals surface area (Å²) >= 11 is 0. The number of likely N-dealkylation sites (N-methyl/N-ethyl adjacent to an activating group) is 1. The van der Waals surface area contributed by atoms with E-state index in [-0.39, 0.29) is 12.1 Å². The van der Waals surface area contributed by atoms with E-state index in [1.807, 2.05) is 14.1 Å². The maximum absolute atomic E-state index is 10.4. The van der Waals surface area contributed by atoms with Crippen molar-refractivity contribution in [3.8, 4) is 11.3 Å². The number of aromatic nitrogens is 1. The molecule has 1 aliphatic rings. The molecule has 1 aliphatic heterocycles. The topological polar surface area (TPSA) is 39.6 Å². The molecule has 2 aromatic carbocycles. The first kappa shape index (κ1) is 19.1. The minimum Gasteiger partial charge on any atom is -0.390 e. The fraction of sp³-hybridized carbons (Fsp3) is 0.375. The van der Waals surface area contributed by atoms with Gasteiger partial charge in [0.2, 0.25) is 0 Å². The molecule has 28 heavy (non-hydrogen) atoms. The van der Waals surface area contributed by atoms with Crippen LogP contribution < -0.4 is 0 Å². The van der Waals surface area contributed by atoms with Gasteiger partial charge in [0, 0.05) is 36.6 Å². The Bertz CT molecular complexity index is 998. The summed E-state index contributed by atoms with van der Waals surface area (Å²) in [6, 6.07) is 17.5. The molecule has 0 radical (unpaired) electrons. The first-order chi connectivity index (χ1) is 13.4. The van der Waals surface area contributed by atoms with Crippen LogP contribution in [0.15, 0.2) is 48.5 Å². The molecule has 146 valence electrons. The van der Waals surface area contributed by atoms with Gasteiger partial charge in [-0.05, 0) is 57.3 Å². The van der Waals surface area contributed by atoms with Gasteiger partial charge in [-0.3, -0.25) is 4.90 Å². The summed E-state index contributed by atoms with van der Waals surface area (Å²) in [5.41, 5.74) is 6.91. The fourth-order valence-corrected chi connectivity index (χ4v) is 4.21. The highest BCUT2D eigenvalue weighted by Crippen LogP contribution is 2.29. The number of pyridine rings is 1. The molecule has 4 rings (SSSR count). The first-order valence-electron chi connectivity index (χ1n) is 9.95. The highest BCUT2D eigenvalue weighted by Gasteiger charge is 2.33. The number of aryl methyl sites for hydroxylation is 2. The van der Waals surface area contributed by atoms with E-state index in [1.54, 1.807) is 0 Å². The van der Waals surface area contributed by atoms with E-state index in [0.717, 1.165) is 29.9 Å². The van der Waals surface area contributed by atoms with Crippen LogP contribution in [0.4, 0.5) is 0 Å². The molecule has 2 atom stereocenters. The third-order valence-electron chi connectivity index (χ3n) is 5.74. The Hall–Kier alpha value is -2.27. The van der Waals surface area contributed by atoms with Crippen LogP contribution in [0.25, 0.3) is 22.2 Å². The number of hydrogen-bond donors (Lipinski definition) is 1. The van der Waals surface area contributed by atoms with Gasteiger partial charge in [-0.25, -0.2) is 4.98 Å². The van der Waals surface area contributed by atoms with E-state index < -0.39 is 0 Å². The molecule has 4 heteroatoms. The Morgan fingerprint density at radius 1 is 1.04 bits per heavy atom. The third kappa shape index (κ3) is 3.81. The Kier molecular flexibility index (Phi) is 5.19. The van der Waals surface area contributed by atoms with Crippen LogP contribution in [0.1, 0.15) is 16.7 Å². The summed E-state index contributed by atoms with van der Waals surface area (Å²) in [4.78, 5) is 9.52. The van der Waals surface area contributed by atoms with Crippen LogP contribution in [-0.4, -0.2) is 59.2 Å². The molecule has 4 nitrogen and oxygen atoms in total. The zero-order valence-corrected chi connectivity index (χ0v) is 17.2. The average Bonchev–Trinajstić information content (AvgIpc) is 3.02. The van der Waals surface area contributed by atoms with Crippen molar-refractivity contribution >= 4 is 10.9 Å². The molecule has 0 bridgehead atoms. The number of aliphatic hydroxyl groups excluding tert-OH is 1. The van der Waals surface area contributed by atoms with Gasteiger partial charge in [0.15, 0.2) is 0 Å². The molecule has 0 amide bonds. The number of benzene rings is 2.